The molecule has 1 heterocycles. The number of amides is 3. The molecule has 0 aromatic carbocycles. The lowest BCUT2D eigenvalue weighted by molar-refractivity contribution is -0.144. The van der Waals surface area contributed by atoms with Crippen LogP contribution in [0.5, 0.6) is 0 Å². The van der Waals surface area contributed by atoms with Crippen LogP contribution in [-0.4, -0.2) is 87.2 Å². The average Bonchev–Trinajstić information content (AvgIpc) is 3.22. The number of nitrogens with two attached hydrogens (primary N) is 1. The van der Waals surface area contributed by atoms with E-state index in [1.165, 1.54) is 4.90 Å². The predicted molar refractivity (Wildman–Crippen MR) is 108 cm³/mol. The summed E-state index contributed by atoms with van der Waals surface area (Å²) < 4.78 is 0. The van der Waals surface area contributed by atoms with E-state index in [0.29, 0.717) is 19.3 Å². The maximum Gasteiger partial charge on any atom is 0.326 e. The zero-order valence-electron chi connectivity index (χ0n) is 17.7. The van der Waals surface area contributed by atoms with Crippen LogP contribution in [0.25, 0.3) is 0 Å². The van der Waals surface area contributed by atoms with Gasteiger partial charge in [-0.3, -0.25) is 19.2 Å². The summed E-state index contributed by atoms with van der Waals surface area (Å²) in [6.07, 6.45) is 0.959. The van der Waals surface area contributed by atoms with Gasteiger partial charge in [0.1, 0.15) is 18.1 Å². The highest BCUT2D eigenvalue weighted by atomic mass is 16.4. The Kier molecular flexibility index (Phi) is 10.4. The molecule has 3 amide bonds. The van der Waals surface area contributed by atoms with Crippen molar-refractivity contribution < 1.29 is 39.3 Å². The molecule has 1 aliphatic rings. The molecule has 0 aromatic rings. The van der Waals surface area contributed by atoms with Crippen LogP contribution in [0, 0.1) is 5.92 Å². The van der Waals surface area contributed by atoms with E-state index in [9.17, 15) is 34.2 Å². The maximum atomic E-state index is 12.7. The monoisotopic (exact) mass is 444 g/mol. The summed E-state index contributed by atoms with van der Waals surface area (Å²) in [5.74, 6) is -4.78. The number of aliphatic hydroxyl groups is 1. The van der Waals surface area contributed by atoms with E-state index < -0.39 is 60.4 Å². The highest BCUT2D eigenvalue weighted by Crippen LogP contribution is 2.19. The van der Waals surface area contributed by atoms with E-state index in [0.717, 1.165) is 0 Å². The van der Waals surface area contributed by atoms with Crippen molar-refractivity contribution in [3.8, 4) is 0 Å². The van der Waals surface area contributed by atoms with Gasteiger partial charge in [-0.1, -0.05) is 20.3 Å². The number of carboxylic acids is 2. The van der Waals surface area contributed by atoms with Gasteiger partial charge in [0.25, 0.3) is 0 Å². The van der Waals surface area contributed by atoms with Crippen molar-refractivity contribution in [1.82, 2.24) is 15.5 Å². The van der Waals surface area contributed by atoms with Crippen LogP contribution in [0.4, 0.5) is 0 Å². The molecule has 176 valence electrons. The zero-order valence-corrected chi connectivity index (χ0v) is 17.7. The van der Waals surface area contributed by atoms with Crippen LogP contribution in [0.15, 0.2) is 0 Å². The van der Waals surface area contributed by atoms with Crippen molar-refractivity contribution in [2.24, 2.45) is 11.7 Å². The number of hydrogen-bond donors (Lipinski definition) is 6. The quantitative estimate of drug-likeness (QED) is 0.202. The third-order valence-electron chi connectivity index (χ3n) is 5.42. The largest absolute Gasteiger partial charge is 0.481 e. The van der Waals surface area contributed by atoms with Gasteiger partial charge in [-0.2, -0.15) is 0 Å². The third-order valence-corrected chi connectivity index (χ3v) is 5.42. The predicted octanol–water partition coefficient (Wildman–Crippen LogP) is -1.74. The summed E-state index contributed by atoms with van der Waals surface area (Å²) in [6.45, 7) is 2.91. The second kappa shape index (κ2) is 12.2. The van der Waals surface area contributed by atoms with Gasteiger partial charge < -0.3 is 36.6 Å². The fourth-order valence-corrected chi connectivity index (χ4v) is 3.32. The van der Waals surface area contributed by atoms with Gasteiger partial charge in [-0.15, -0.1) is 0 Å². The van der Waals surface area contributed by atoms with E-state index >= 15 is 0 Å². The molecular formula is C19H32N4O8. The molecule has 0 aliphatic carbocycles. The normalized spacial score (nSPS) is 19.7. The average molecular weight is 444 g/mol. The number of hydrogen-bond acceptors (Lipinski definition) is 7. The number of aliphatic hydroxyl groups excluding tert-OH is 1. The first-order valence-electron chi connectivity index (χ1n) is 10.3. The number of carbonyl (C=O) groups is 5. The number of rotatable bonds is 12. The molecule has 0 aromatic heterocycles. The van der Waals surface area contributed by atoms with Gasteiger partial charge in [-0.25, -0.2) is 4.79 Å². The topological polar surface area (TPSA) is 199 Å². The van der Waals surface area contributed by atoms with Crippen molar-refractivity contribution in [2.45, 2.75) is 70.1 Å². The van der Waals surface area contributed by atoms with E-state index in [-0.39, 0.29) is 25.3 Å². The second-order valence-corrected chi connectivity index (χ2v) is 7.68. The summed E-state index contributed by atoms with van der Waals surface area (Å²) >= 11 is 0. The molecule has 1 rings (SSSR count). The van der Waals surface area contributed by atoms with E-state index in [1.54, 1.807) is 13.8 Å². The second-order valence-electron chi connectivity index (χ2n) is 7.68. The first-order chi connectivity index (χ1) is 14.5. The van der Waals surface area contributed by atoms with Crippen LogP contribution in [0.3, 0.4) is 0 Å². The standard InChI is InChI=1S/C19H32N4O8/c1-3-10(2)15(19(30)31)22-16(27)12(9-24)21-17(28)13-5-4-8-23(13)18(29)11(20)6-7-14(25)26/h10-13,15,24H,3-9,20H2,1-2H3,(H,21,28)(H,22,27)(H,25,26)(H,30,31). The van der Waals surface area contributed by atoms with Crippen molar-refractivity contribution >= 4 is 29.7 Å². The molecule has 12 heteroatoms. The minimum atomic E-state index is -1.39. The molecule has 5 unspecified atom stereocenters. The lowest BCUT2D eigenvalue weighted by Crippen LogP contribution is -2.58. The van der Waals surface area contributed by atoms with Crippen LogP contribution in [0.2, 0.25) is 0 Å². The molecule has 1 fully saturated rings. The summed E-state index contributed by atoms with van der Waals surface area (Å²) in [6, 6.07) is -4.57. The van der Waals surface area contributed by atoms with Crippen molar-refractivity contribution in [1.29, 1.82) is 0 Å². The smallest absolute Gasteiger partial charge is 0.326 e. The Bertz CT molecular complexity index is 686. The number of likely N-dealkylation sites (tertiary alicyclic amines) is 1. The lowest BCUT2D eigenvalue weighted by Gasteiger charge is -2.28. The van der Waals surface area contributed by atoms with Gasteiger partial charge in [0.2, 0.25) is 17.7 Å². The zero-order chi connectivity index (χ0) is 23.7. The molecule has 0 spiro atoms. The minimum Gasteiger partial charge on any atom is -0.481 e. The Morgan fingerprint density at radius 1 is 1.16 bits per heavy atom. The molecule has 1 saturated heterocycles. The first-order valence-corrected chi connectivity index (χ1v) is 10.3. The molecule has 0 bridgehead atoms. The highest BCUT2D eigenvalue weighted by molar-refractivity contribution is 5.94. The molecule has 31 heavy (non-hydrogen) atoms. The number of nitrogens with one attached hydrogen (secondary N) is 2. The Labute approximate surface area is 180 Å². The number of nitrogens with zero attached hydrogens (tertiary/aromatic N) is 1. The fourth-order valence-electron chi connectivity index (χ4n) is 3.32. The number of carbonyl (C=O) groups excluding carboxylic acids is 3. The van der Waals surface area contributed by atoms with Crippen molar-refractivity contribution in [3.05, 3.63) is 0 Å². The fraction of sp³-hybridized carbons (Fsp3) is 0.737. The van der Waals surface area contributed by atoms with Crippen molar-refractivity contribution in [2.75, 3.05) is 13.2 Å². The summed E-state index contributed by atoms with van der Waals surface area (Å²) in [5, 5.41) is 32.3. The molecular weight excluding hydrogens is 412 g/mol. The Hall–Kier alpha value is -2.73. The Balaban J connectivity index is 2.79. The molecule has 0 saturated carbocycles. The van der Waals surface area contributed by atoms with Crippen LogP contribution < -0.4 is 16.4 Å². The molecule has 0 radical (unpaired) electrons. The number of carboxylic acid groups (broad SMARTS) is 2. The highest BCUT2D eigenvalue weighted by Gasteiger charge is 2.38. The van der Waals surface area contributed by atoms with Crippen LogP contribution in [0.1, 0.15) is 46.0 Å². The first kappa shape index (κ1) is 26.3. The number of aliphatic carboxylic acids is 2. The molecule has 7 N–H and O–H groups in total. The molecule has 5 atom stereocenters. The van der Waals surface area contributed by atoms with Gasteiger partial charge in [0.15, 0.2) is 0 Å². The van der Waals surface area contributed by atoms with E-state index in [2.05, 4.69) is 10.6 Å². The van der Waals surface area contributed by atoms with Gasteiger partial charge in [0, 0.05) is 13.0 Å². The van der Waals surface area contributed by atoms with Gasteiger partial charge in [-0.05, 0) is 25.2 Å². The molecule has 12 nitrogen and oxygen atoms in total. The Morgan fingerprint density at radius 3 is 2.32 bits per heavy atom. The lowest BCUT2D eigenvalue weighted by atomic mass is 9.99. The van der Waals surface area contributed by atoms with Crippen molar-refractivity contribution in [3.63, 3.8) is 0 Å². The minimum absolute atomic E-state index is 0.0765. The van der Waals surface area contributed by atoms with E-state index in [1.807, 2.05) is 0 Å². The Morgan fingerprint density at radius 2 is 1.81 bits per heavy atom. The summed E-state index contributed by atoms with van der Waals surface area (Å²) in [5.41, 5.74) is 5.76. The molecule has 1 aliphatic heterocycles. The summed E-state index contributed by atoms with van der Waals surface area (Å²) in [7, 11) is 0. The van der Waals surface area contributed by atoms with Gasteiger partial charge in [0.05, 0.1) is 12.6 Å². The third kappa shape index (κ3) is 7.47. The van der Waals surface area contributed by atoms with Crippen LogP contribution >= 0.6 is 0 Å². The summed E-state index contributed by atoms with van der Waals surface area (Å²) in [4.78, 5) is 61.0. The van der Waals surface area contributed by atoms with Gasteiger partial charge >= 0.3 is 11.9 Å². The SMILES string of the molecule is CCC(C)C(NC(=O)C(CO)NC(=O)C1CCCN1C(=O)C(N)CCC(=O)O)C(=O)O. The van der Waals surface area contributed by atoms with Crippen LogP contribution in [-0.2, 0) is 24.0 Å². The van der Waals surface area contributed by atoms with E-state index in [4.69, 9.17) is 10.8 Å². The maximum absolute atomic E-state index is 12.7.